The van der Waals surface area contributed by atoms with Gasteiger partial charge in [-0.3, -0.25) is 9.48 Å². The lowest BCUT2D eigenvalue weighted by Gasteiger charge is -2.13. The summed E-state index contributed by atoms with van der Waals surface area (Å²) in [5.74, 6) is 0.442. The fourth-order valence-corrected chi connectivity index (χ4v) is 3.54. The number of hydrogen-bond donors (Lipinski definition) is 1. The van der Waals surface area contributed by atoms with Gasteiger partial charge < -0.3 is 19.5 Å². The number of amides is 1. The number of esters is 1. The molecule has 0 fully saturated rings. The highest BCUT2D eigenvalue weighted by molar-refractivity contribution is 6.05. The molecule has 33 heavy (non-hydrogen) atoms. The van der Waals surface area contributed by atoms with Crippen LogP contribution in [0.4, 0.5) is 5.69 Å². The van der Waals surface area contributed by atoms with E-state index in [9.17, 15) is 9.59 Å². The Morgan fingerprint density at radius 3 is 2.39 bits per heavy atom. The monoisotopic (exact) mass is 451 g/mol. The third-order valence-corrected chi connectivity index (χ3v) is 5.17. The Morgan fingerprint density at radius 1 is 1.00 bits per heavy atom. The summed E-state index contributed by atoms with van der Waals surface area (Å²) >= 11 is 0. The molecule has 2 aromatic carbocycles. The number of aromatic nitrogens is 2. The summed E-state index contributed by atoms with van der Waals surface area (Å²) in [5.41, 5.74) is 3.78. The lowest BCUT2D eigenvalue weighted by atomic mass is 10.1. The van der Waals surface area contributed by atoms with E-state index >= 15 is 0 Å². The third kappa shape index (κ3) is 5.34. The van der Waals surface area contributed by atoms with Gasteiger partial charge in [0.1, 0.15) is 0 Å². The normalized spacial score (nSPS) is 10.6. The zero-order chi connectivity index (χ0) is 24.0. The summed E-state index contributed by atoms with van der Waals surface area (Å²) in [6.45, 7) is 8.80. The van der Waals surface area contributed by atoms with Crippen LogP contribution in [0, 0.1) is 13.8 Å². The average Bonchev–Trinajstić information content (AvgIpc) is 3.07. The van der Waals surface area contributed by atoms with Crippen molar-refractivity contribution in [1.29, 1.82) is 0 Å². The molecular weight excluding hydrogens is 422 g/mol. The molecule has 174 valence electrons. The lowest BCUT2D eigenvalue weighted by molar-refractivity contribution is 0.0599. The molecule has 0 saturated carbocycles. The van der Waals surface area contributed by atoms with Gasteiger partial charge in [-0.15, -0.1) is 0 Å². The molecule has 3 aromatic rings. The van der Waals surface area contributed by atoms with Crippen LogP contribution < -0.4 is 14.8 Å². The first-order valence-electron chi connectivity index (χ1n) is 10.8. The number of methoxy groups -OCH3 is 1. The highest BCUT2D eigenvalue weighted by Gasteiger charge is 2.19. The quantitative estimate of drug-likeness (QED) is 0.485. The molecule has 1 heterocycles. The number of nitrogens with one attached hydrogen (secondary N) is 1. The molecule has 0 aliphatic heterocycles. The summed E-state index contributed by atoms with van der Waals surface area (Å²) in [7, 11) is 1.36. The molecule has 0 bridgehead atoms. The fourth-order valence-electron chi connectivity index (χ4n) is 3.54. The van der Waals surface area contributed by atoms with Crippen molar-refractivity contribution in [2.75, 3.05) is 25.6 Å². The summed E-state index contributed by atoms with van der Waals surface area (Å²) < 4.78 is 17.8. The number of aryl methyl sites for hydroxylation is 1. The second-order valence-corrected chi connectivity index (χ2v) is 7.33. The van der Waals surface area contributed by atoms with Crippen LogP contribution in [0.3, 0.4) is 0 Å². The highest BCUT2D eigenvalue weighted by atomic mass is 16.5. The maximum absolute atomic E-state index is 13.0. The molecule has 0 radical (unpaired) electrons. The van der Waals surface area contributed by atoms with E-state index in [0.717, 1.165) is 11.3 Å². The minimum absolute atomic E-state index is 0.278. The van der Waals surface area contributed by atoms with Crippen LogP contribution in [0.5, 0.6) is 11.5 Å². The minimum Gasteiger partial charge on any atom is -0.490 e. The lowest BCUT2D eigenvalue weighted by Crippen LogP contribution is -2.14. The second kappa shape index (κ2) is 10.7. The van der Waals surface area contributed by atoms with Crippen molar-refractivity contribution < 1.29 is 23.8 Å². The van der Waals surface area contributed by atoms with Crippen molar-refractivity contribution >= 4 is 17.6 Å². The van der Waals surface area contributed by atoms with E-state index in [0.29, 0.717) is 53.8 Å². The van der Waals surface area contributed by atoms with E-state index in [1.165, 1.54) is 7.11 Å². The zero-order valence-electron chi connectivity index (χ0n) is 19.6. The number of rotatable bonds is 9. The van der Waals surface area contributed by atoms with E-state index in [-0.39, 0.29) is 5.91 Å². The van der Waals surface area contributed by atoms with Crippen molar-refractivity contribution in [3.63, 3.8) is 0 Å². The van der Waals surface area contributed by atoms with Gasteiger partial charge in [-0.05, 0) is 57.5 Å². The predicted molar refractivity (Wildman–Crippen MR) is 125 cm³/mol. The smallest absolute Gasteiger partial charge is 0.338 e. The van der Waals surface area contributed by atoms with Gasteiger partial charge in [0.05, 0.1) is 49.5 Å². The van der Waals surface area contributed by atoms with Crippen molar-refractivity contribution in [3.05, 3.63) is 70.5 Å². The predicted octanol–water partition coefficient (Wildman–Crippen LogP) is 4.38. The fraction of sp³-hybridized carbons (Fsp3) is 0.320. The standard InChI is InChI=1S/C25H29N3O5/c1-6-32-21-13-12-18(14-22(21)33-7-2)24(29)26-23-16(3)27-28(17(23)4)15-19-10-8-9-11-20(19)25(30)31-5/h8-14H,6-7,15H2,1-5H3,(H,26,29). The van der Waals surface area contributed by atoms with Gasteiger partial charge in [-0.1, -0.05) is 18.2 Å². The molecule has 0 spiro atoms. The largest absolute Gasteiger partial charge is 0.490 e. The first-order valence-corrected chi connectivity index (χ1v) is 10.8. The second-order valence-electron chi connectivity index (χ2n) is 7.33. The summed E-state index contributed by atoms with van der Waals surface area (Å²) in [6, 6.07) is 12.3. The zero-order valence-corrected chi connectivity index (χ0v) is 19.6. The number of ether oxygens (including phenoxy) is 3. The van der Waals surface area contributed by atoms with Crippen LogP contribution in [-0.2, 0) is 11.3 Å². The van der Waals surface area contributed by atoms with E-state index in [1.54, 1.807) is 35.0 Å². The van der Waals surface area contributed by atoms with Gasteiger partial charge in [0.15, 0.2) is 11.5 Å². The van der Waals surface area contributed by atoms with Crippen LogP contribution >= 0.6 is 0 Å². The Hall–Kier alpha value is -3.81. The molecule has 8 heteroatoms. The molecule has 3 rings (SSSR count). The van der Waals surface area contributed by atoms with Gasteiger partial charge >= 0.3 is 5.97 Å². The van der Waals surface area contributed by atoms with Crippen molar-refractivity contribution in [1.82, 2.24) is 9.78 Å². The molecule has 1 N–H and O–H groups in total. The molecule has 1 amide bonds. The van der Waals surface area contributed by atoms with Crippen molar-refractivity contribution in [2.45, 2.75) is 34.2 Å². The van der Waals surface area contributed by atoms with E-state index in [2.05, 4.69) is 10.4 Å². The summed E-state index contributed by atoms with van der Waals surface area (Å²) in [4.78, 5) is 25.1. The summed E-state index contributed by atoms with van der Waals surface area (Å²) in [6.07, 6.45) is 0. The first-order chi connectivity index (χ1) is 15.9. The molecule has 0 aliphatic rings. The number of benzene rings is 2. The Bertz CT molecular complexity index is 1150. The average molecular weight is 452 g/mol. The van der Waals surface area contributed by atoms with Crippen molar-refractivity contribution in [3.8, 4) is 11.5 Å². The topological polar surface area (TPSA) is 91.7 Å². The van der Waals surface area contributed by atoms with Crippen LogP contribution in [-0.4, -0.2) is 42.0 Å². The SMILES string of the molecule is CCOc1ccc(C(=O)Nc2c(C)nn(Cc3ccccc3C(=O)OC)c2C)cc1OCC. The van der Waals surface area contributed by atoms with Crippen LogP contribution in [0.25, 0.3) is 0 Å². The van der Waals surface area contributed by atoms with E-state index < -0.39 is 5.97 Å². The highest BCUT2D eigenvalue weighted by Crippen LogP contribution is 2.29. The Morgan fingerprint density at radius 2 is 1.70 bits per heavy atom. The maximum atomic E-state index is 13.0. The van der Waals surface area contributed by atoms with Gasteiger partial charge in [0, 0.05) is 5.56 Å². The number of nitrogens with zero attached hydrogens (tertiary/aromatic N) is 2. The first kappa shape index (κ1) is 23.8. The summed E-state index contributed by atoms with van der Waals surface area (Å²) in [5, 5.41) is 7.53. The Kier molecular flexibility index (Phi) is 7.71. The minimum atomic E-state index is -0.402. The van der Waals surface area contributed by atoms with Crippen LogP contribution in [0.1, 0.15) is 51.5 Å². The van der Waals surface area contributed by atoms with Gasteiger partial charge in [-0.25, -0.2) is 4.79 Å². The van der Waals surface area contributed by atoms with Crippen LogP contribution in [0.2, 0.25) is 0 Å². The maximum Gasteiger partial charge on any atom is 0.338 e. The molecule has 1 aromatic heterocycles. The van der Waals surface area contributed by atoms with Gasteiger partial charge in [0.2, 0.25) is 0 Å². The van der Waals surface area contributed by atoms with Crippen molar-refractivity contribution in [2.24, 2.45) is 0 Å². The van der Waals surface area contributed by atoms with Gasteiger partial charge in [-0.2, -0.15) is 5.10 Å². The molecular formula is C25H29N3O5. The van der Waals surface area contributed by atoms with E-state index in [4.69, 9.17) is 14.2 Å². The van der Waals surface area contributed by atoms with Crippen LogP contribution in [0.15, 0.2) is 42.5 Å². The Balaban J connectivity index is 1.85. The third-order valence-electron chi connectivity index (χ3n) is 5.17. The number of carbonyl (C=O) groups is 2. The molecule has 0 atom stereocenters. The van der Waals surface area contributed by atoms with Gasteiger partial charge in [0.25, 0.3) is 5.91 Å². The molecule has 0 unspecified atom stereocenters. The molecule has 0 saturated heterocycles. The Labute approximate surface area is 193 Å². The molecule has 0 aliphatic carbocycles. The van der Waals surface area contributed by atoms with E-state index in [1.807, 2.05) is 39.8 Å². The number of carbonyl (C=O) groups excluding carboxylic acids is 2. The number of anilines is 1. The molecule has 8 nitrogen and oxygen atoms in total. The number of hydrogen-bond acceptors (Lipinski definition) is 6.